The summed E-state index contributed by atoms with van der Waals surface area (Å²) in [4.78, 5) is 27.1. The van der Waals surface area contributed by atoms with Crippen LogP contribution in [0.25, 0.3) is 11.2 Å². The highest BCUT2D eigenvalue weighted by Crippen LogP contribution is 2.15. The van der Waals surface area contributed by atoms with Crippen molar-refractivity contribution in [3.05, 3.63) is 52.1 Å². The number of nitrogens with zero attached hydrogens (tertiary/aromatic N) is 3. The van der Waals surface area contributed by atoms with E-state index in [1.165, 1.54) is 13.1 Å². The number of hydrogen-bond acceptors (Lipinski definition) is 8. The monoisotopic (exact) mass is 357 g/mol. The van der Waals surface area contributed by atoms with Gasteiger partial charge in [-0.2, -0.15) is 4.98 Å². The third-order valence-electron chi connectivity index (χ3n) is 3.84. The summed E-state index contributed by atoms with van der Waals surface area (Å²) in [6.45, 7) is 1.94. The maximum Gasteiger partial charge on any atom is 0.280 e. The molecule has 0 aliphatic carbocycles. The van der Waals surface area contributed by atoms with Crippen molar-refractivity contribution >= 4 is 17.1 Å². The number of aromatic amines is 1. The molecule has 0 fully saturated rings. The van der Waals surface area contributed by atoms with Gasteiger partial charge >= 0.3 is 0 Å². The standard InChI is InChI=1S/C17H19N5O4/c1-9(23)14(25)12-8-19-15-13(20-12)16(26)22-17(21-15)18-7-6-10-2-4-11(24)5-3-10/h2-5,8-9,14,23-25H,6-7H2,1H3,(H2,18,19,21,22,26). The van der Waals surface area contributed by atoms with Gasteiger partial charge in [0.05, 0.1) is 18.0 Å². The molecule has 0 aliphatic heterocycles. The van der Waals surface area contributed by atoms with E-state index in [1.54, 1.807) is 12.1 Å². The minimum Gasteiger partial charge on any atom is -0.508 e. The largest absolute Gasteiger partial charge is 0.508 e. The van der Waals surface area contributed by atoms with E-state index in [4.69, 9.17) is 0 Å². The van der Waals surface area contributed by atoms with E-state index in [-0.39, 0.29) is 28.6 Å². The molecule has 0 amide bonds. The van der Waals surface area contributed by atoms with Gasteiger partial charge in [-0.05, 0) is 31.0 Å². The summed E-state index contributed by atoms with van der Waals surface area (Å²) >= 11 is 0. The molecule has 0 bridgehead atoms. The van der Waals surface area contributed by atoms with Crippen molar-refractivity contribution in [1.29, 1.82) is 0 Å². The van der Waals surface area contributed by atoms with Crippen molar-refractivity contribution < 1.29 is 15.3 Å². The van der Waals surface area contributed by atoms with Gasteiger partial charge in [0.25, 0.3) is 5.56 Å². The molecule has 2 aromatic heterocycles. The average molecular weight is 357 g/mol. The third-order valence-corrected chi connectivity index (χ3v) is 3.84. The number of anilines is 1. The van der Waals surface area contributed by atoms with E-state index in [0.29, 0.717) is 13.0 Å². The van der Waals surface area contributed by atoms with E-state index in [0.717, 1.165) is 5.56 Å². The molecular formula is C17H19N5O4. The van der Waals surface area contributed by atoms with Crippen LogP contribution in [0.15, 0.2) is 35.3 Å². The number of aliphatic hydroxyl groups is 2. The summed E-state index contributed by atoms with van der Waals surface area (Å²) in [5.74, 6) is 0.472. The van der Waals surface area contributed by atoms with Crippen molar-refractivity contribution in [1.82, 2.24) is 19.9 Å². The predicted molar refractivity (Wildman–Crippen MR) is 94.9 cm³/mol. The quantitative estimate of drug-likeness (QED) is 0.429. The Labute approximate surface area is 148 Å². The predicted octanol–water partition coefficient (Wildman–Crippen LogP) is 0.487. The van der Waals surface area contributed by atoms with Crippen LogP contribution in [0.2, 0.25) is 0 Å². The fraction of sp³-hybridized carbons (Fsp3) is 0.294. The zero-order valence-corrected chi connectivity index (χ0v) is 14.0. The van der Waals surface area contributed by atoms with Gasteiger partial charge in [0, 0.05) is 6.54 Å². The Kier molecular flexibility index (Phi) is 5.10. The molecule has 136 valence electrons. The maximum absolute atomic E-state index is 12.2. The summed E-state index contributed by atoms with van der Waals surface area (Å²) < 4.78 is 0. The number of nitrogens with one attached hydrogen (secondary N) is 2. The van der Waals surface area contributed by atoms with Gasteiger partial charge in [0.1, 0.15) is 11.9 Å². The van der Waals surface area contributed by atoms with E-state index < -0.39 is 17.8 Å². The molecule has 9 nitrogen and oxygen atoms in total. The molecule has 0 radical (unpaired) electrons. The maximum atomic E-state index is 12.2. The molecule has 0 saturated heterocycles. The molecule has 2 atom stereocenters. The first-order valence-corrected chi connectivity index (χ1v) is 8.09. The van der Waals surface area contributed by atoms with Crippen LogP contribution in [0.5, 0.6) is 5.75 Å². The molecule has 2 unspecified atom stereocenters. The molecule has 26 heavy (non-hydrogen) atoms. The van der Waals surface area contributed by atoms with Crippen molar-refractivity contribution in [2.75, 3.05) is 11.9 Å². The highest BCUT2D eigenvalue weighted by molar-refractivity contribution is 5.69. The van der Waals surface area contributed by atoms with E-state index in [2.05, 4.69) is 25.3 Å². The second-order valence-electron chi connectivity index (χ2n) is 5.91. The Hall–Kier alpha value is -3.04. The van der Waals surface area contributed by atoms with E-state index in [9.17, 15) is 20.1 Å². The Morgan fingerprint density at radius 2 is 1.92 bits per heavy atom. The first-order valence-electron chi connectivity index (χ1n) is 8.09. The molecule has 9 heteroatoms. The number of benzene rings is 1. The molecule has 0 spiro atoms. The third kappa shape index (κ3) is 3.95. The van der Waals surface area contributed by atoms with Crippen molar-refractivity contribution in [3.63, 3.8) is 0 Å². The summed E-state index contributed by atoms with van der Waals surface area (Å²) in [6.07, 6.45) is -0.302. The number of phenolic OH excluding ortho intramolecular Hbond substituents is 1. The SMILES string of the molecule is CC(O)C(O)c1cnc2nc(NCCc3ccc(O)cc3)[nH]c(=O)c2n1. The van der Waals surface area contributed by atoms with Gasteiger partial charge in [0.2, 0.25) is 5.95 Å². The molecular weight excluding hydrogens is 338 g/mol. The zero-order valence-electron chi connectivity index (χ0n) is 14.0. The van der Waals surface area contributed by atoms with Crippen LogP contribution in [-0.4, -0.2) is 47.9 Å². The van der Waals surface area contributed by atoms with Crippen LogP contribution in [-0.2, 0) is 6.42 Å². The summed E-state index contributed by atoms with van der Waals surface area (Å²) in [6, 6.07) is 6.85. The Morgan fingerprint density at radius 3 is 2.62 bits per heavy atom. The second-order valence-corrected chi connectivity index (χ2v) is 5.91. The van der Waals surface area contributed by atoms with Crippen molar-refractivity contribution in [3.8, 4) is 5.75 Å². The molecule has 3 rings (SSSR count). The topological polar surface area (TPSA) is 144 Å². The van der Waals surface area contributed by atoms with Gasteiger partial charge < -0.3 is 20.6 Å². The van der Waals surface area contributed by atoms with Crippen LogP contribution in [0.1, 0.15) is 24.3 Å². The first kappa shape index (κ1) is 17.8. The molecule has 5 N–H and O–H groups in total. The smallest absolute Gasteiger partial charge is 0.280 e. The van der Waals surface area contributed by atoms with Crippen molar-refractivity contribution in [2.24, 2.45) is 0 Å². The average Bonchev–Trinajstić information content (AvgIpc) is 2.62. The number of aromatic nitrogens is 4. The van der Waals surface area contributed by atoms with E-state index in [1.807, 2.05) is 12.1 Å². The normalized spacial score (nSPS) is 13.5. The van der Waals surface area contributed by atoms with Gasteiger partial charge in [0.15, 0.2) is 11.2 Å². The minimum absolute atomic E-state index is 0.00807. The fourth-order valence-corrected chi connectivity index (χ4v) is 2.39. The Balaban J connectivity index is 1.75. The van der Waals surface area contributed by atoms with Crippen LogP contribution in [0.4, 0.5) is 5.95 Å². The van der Waals surface area contributed by atoms with E-state index >= 15 is 0 Å². The lowest BCUT2D eigenvalue weighted by molar-refractivity contribution is 0.0278. The number of fused-ring (bicyclic) bond motifs is 1. The van der Waals surface area contributed by atoms with Gasteiger partial charge in [-0.25, -0.2) is 9.97 Å². The second kappa shape index (κ2) is 7.46. The number of hydrogen-bond donors (Lipinski definition) is 5. The number of aliphatic hydroxyl groups excluding tert-OH is 2. The zero-order chi connectivity index (χ0) is 18.7. The number of H-pyrrole nitrogens is 1. The van der Waals surface area contributed by atoms with Gasteiger partial charge in [-0.15, -0.1) is 0 Å². The number of rotatable bonds is 6. The lowest BCUT2D eigenvalue weighted by Crippen LogP contribution is -2.19. The molecule has 3 aromatic rings. The van der Waals surface area contributed by atoms with Gasteiger partial charge in [-0.1, -0.05) is 12.1 Å². The minimum atomic E-state index is -1.23. The first-order chi connectivity index (χ1) is 12.4. The summed E-state index contributed by atoms with van der Waals surface area (Å²) in [5, 5.41) is 31.5. The number of phenols is 1. The number of aromatic hydroxyl groups is 1. The van der Waals surface area contributed by atoms with Crippen molar-refractivity contribution in [2.45, 2.75) is 25.6 Å². The highest BCUT2D eigenvalue weighted by Gasteiger charge is 2.17. The van der Waals surface area contributed by atoms with Gasteiger partial charge in [-0.3, -0.25) is 9.78 Å². The molecule has 1 aromatic carbocycles. The Morgan fingerprint density at radius 1 is 1.19 bits per heavy atom. The fourth-order valence-electron chi connectivity index (χ4n) is 2.39. The summed E-state index contributed by atoms with van der Waals surface area (Å²) in [5.41, 5.74) is 0.769. The lowest BCUT2D eigenvalue weighted by atomic mass is 10.1. The van der Waals surface area contributed by atoms with Crippen LogP contribution in [0, 0.1) is 0 Å². The van der Waals surface area contributed by atoms with Crippen LogP contribution < -0.4 is 10.9 Å². The van der Waals surface area contributed by atoms with Crippen LogP contribution >= 0.6 is 0 Å². The lowest BCUT2D eigenvalue weighted by Gasteiger charge is -2.12. The Bertz CT molecular complexity index is 956. The highest BCUT2D eigenvalue weighted by atomic mass is 16.3. The summed E-state index contributed by atoms with van der Waals surface area (Å²) in [7, 11) is 0. The van der Waals surface area contributed by atoms with Crippen LogP contribution in [0.3, 0.4) is 0 Å². The molecule has 0 saturated carbocycles. The molecule has 0 aliphatic rings. The molecule has 2 heterocycles.